The molecule has 0 N–H and O–H groups in total. The molecule has 88 valence electrons. The summed E-state index contributed by atoms with van der Waals surface area (Å²) in [6, 6.07) is 2.52. The van der Waals surface area contributed by atoms with Gasteiger partial charge in [-0.1, -0.05) is 6.42 Å². The van der Waals surface area contributed by atoms with E-state index < -0.39 is 0 Å². The molecule has 0 aromatic carbocycles. The summed E-state index contributed by atoms with van der Waals surface area (Å²) in [5.74, 6) is 0. The first kappa shape index (κ1) is 11.4. The zero-order valence-corrected chi connectivity index (χ0v) is 10.6. The van der Waals surface area contributed by atoms with E-state index in [0.717, 1.165) is 18.1 Å². The van der Waals surface area contributed by atoms with Gasteiger partial charge in [-0.05, 0) is 59.7 Å². The number of rotatable bonds is 3. The van der Waals surface area contributed by atoms with E-state index in [4.69, 9.17) is 0 Å². The van der Waals surface area contributed by atoms with Crippen molar-refractivity contribution < 1.29 is 0 Å². The molecule has 2 nitrogen and oxygen atoms in total. The molecule has 2 fully saturated rings. The monoisotopic (exact) mass is 210 g/mol. The Morgan fingerprint density at radius 2 is 1.53 bits per heavy atom. The van der Waals surface area contributed by atoms with Crippen molar-refractivity contribution in [1.82, 2.24) is 9.80 Å². The van der Waals surface area contributed by atoms with Gasteiger partial charge in [0, 0.05) is 18.1 Å². The lowest BCUT2D eigenvalue weighted by Crippen LogP contribution is -2.50. The molecule has 0 aromatic rings. The lowest BCUT2D eigenvalue weighted by atomic mass is 9.89. The molecule has 1 saturated heterocycles. The SMILES string of the molecule is CC(C)N1CCC(N(C)C2CCC2)CC1. The van der Waals surface area contributed by atoms with E-state index in [2.05, 4.69) is 30.7 Å². The minimum atomic E-state index is 0.736. The van der Waals surface area contributed by atoms with Crippen molar-refractivity contribution in [2.24, 2.45) is 0 Å². The molecule has 1 heterocycles. The van der Waals surface area contributed by atoms with Gasteiger partial charge in [-0.3, -0.25) is 0 Å². The van der Waals surface area contributed by atoms with Crippen LogP contribution < -0.4 is 0 Å². The minimum absolute atomic E-state index is 0.736. The number of hydrogen-bond donors (Lipinski definition) is 0. The Morgan fingerprint density at radius 1 is 1.00 bits per heavy atom. The van der Waals surface area contributed by atoms with Crippen LogP contribution >= 0.6 is 0 Å². The summed E-state index contributed by atoms with van der Waals surface area (Å²) in [5.41, 5.74) is 0. The Balaban J connectivity index is 1.77. The van der Waals surface area contributed by atoms with E-state index in [1.165, 1.54) is 45.2 Å². The molecule has 2 heteroatoms. The van der Waals surface area contributed by atoms with E-state index >= 15 is 0 Å². The fourth-order valence-electron chi connectivity index (χ4n) is 2.90. The van der Waals surface area contributed by atoms with Crippen LogP contribution in [-0.2, 0) is 0 Å². The summed E-state index contributed by atoms with van der Waals surface area (Å²) < 4.78 is 0. The summed E-state index contributed by atoms with van der Waals surface area (Å²) in [5, 5.41) is 0. The topological polar surface area (TPSA) is 6.48 Å². The normalized spacial score (nSPS) is 26.2. The molecule has 15 heavy (non-hydrogen) atoms. The van der Waals surface area contributed by atoms with Crippen molar-refractivity contribution in [3.05, 3.63) is 0 Å². The molecule has 1 saturated carbocycles. The van der Waals surface area contributed by atoms with Crippen LogP contribution in [0.25, 0.3) is 0 Å². The Labute approximate surface area is 94.6 Å². The van der Waals surface area contributed by atoms with Crippen LogP contribution in [0.3, 0.4) is 0 Å². The largest absolute Gasteiger partial charge is 0.301 e. The molecular formula is C13H26N2. The third-order valence-electron chi connectivity index (χ3n) is 4.46. The first-order valence-electron chi connectivity index (χ1n) is 6.64. The molecule has 1 aliphatic heterocycles. The van der Waals surface area contributed by atoms with Gasteiger partial charge >= 0.3 is 0 Å². The molecule has 0 amide bonds. The van der Waals surface area contributed by atoms with E-state index in [-0.39, 0.29) is 0 Å². The Hall–Kier alpha value is -0.0800. The molecule has 2 aliphatic rings. The molecule has 0 radical (unpaired) electrons. The van der Waals surface area contributed by atoms with Crippen molar-refractivity contribution in [2.45, 2.75) is 64.1 Å². The molecule has 1 aliphatic carbocycles. The predicted octanol–water partition coefficient (Wildman–Crippen LogP) is 2.34. The number of piperidine rings is 1. The van der Waals surface area contributed by atoms with Crippen LogP contribution in [0.5, 0.6) is 0 Å². The molecular weight excluding hydrogens is 184 g/mol. The fourth-order valence-corrected chi connectivity index (χ4v) is 2.90. The molecule has 2 rings (SSSR count). The van der Waals surface area contributed by atoms with Gasteiger partial charge in [0.2, 0.25) is 0 Å². The van der Waals surface area contributed by atoms with Crippen molar-refractivity contribution in [2.75, 3.05) is 20.1 Å². The highest BCUT2D eigenvalue weighted by atomic mass is 15.2. The first-order valence-corrected chi connectivity index (χ1v) is 6.64. The third kappa shape index (κ3) is 2.54. The summed E-state index contributed by atoms with van der Waals surface area (Å²) in [6.45, 7) is 7.24. The van der Waals surface area contributed by atoms with E-state index in [9.17, 15) is 0 Å². The van der Waals surface area contributed by atoms with Gasteiger partial charge in [0.15, 0.2) is 0 Å². The Morgan fingerprint density at radius 3 is 1.93 bits per heavy atom. The lowest BCUT2D eigenvalue weighted by molar-refractivity contribution is 0.0550. The number of likely N-dealkylation sites (tertiary alicyclic amines) is 1. The predicted molar refractivity (Wildman–Crippen MR) is 65.1 cm³/mol. The van der Waals surface area contributed by atoms with Crippen molar-refractivity contribution in [3.8, 4) is 0 Å². The second-order valence-corrected chi connectivity index (χ2v) is 5.61. The van der Waals surface area contributed by atoms with Gasteiger partial charge in [-0.25, -0.2) is 0 Å². The maximum absolute atomic E-state index is 2.67. The highest BCUT2D eigenvalue weighted by molar-refractivity contribution is 4.86. The van der Waals surface area contributed by atoms with Crippen LogP contribution in [0.2, 0.25) is 0 Å². The number of nitrogens with zero attached hydrogens (tertiary/aromatic N) is 2. The maximum atomic E-state index is 2.67. The average molecular weight is 210 g/mol. The number of hydrogen-bond acceptors (Lipinski definition) is 2. The van der Waals surface area contributed by atoms with Gasteiger partial charge in [-0.2, -0.15) is 0 Å². The highest BCUT2D eigenvalue weighted by Crippen LogP contribution is 2.28. The Bertz CT molecular complexity index is 191. The molecule has 0 atom stereocenters. The maximum Gasteiger partial charge on any atom is 0.0119 e. The second kappa shape index (κ2) is 4.84. The second-order valence-electron chi connectivity index (χ2n) is 5.61. The smallest absolute Gasteiger partial charge is 0.0119 e. The van der Waals surface area contributed by atoms with Crippen LogP contribution in [-0.4, -0.2) is 48.1 Å². The highest BCUT2D eigenvalue weighted by Gasteiger charge is 2.30. The Kier molecular flexibility index (Phi) is 3.68. The minimum Gasteiger partial charge on any atom is -0.301 e. The van der Waals surface area contributed by atoms with Crippen LogP contribution in [0, 0.1) is 0 Å². The lowest BCUT2D eigenvalue weighted by Gasteiger charge is -2.44. The molecule has 0 unspecified atom stereocenters. The van der Waals surface area contributed by atoms with Crippen LogP contribution in [0.15, 0.2) is 0 Å². The average Bonchev–Trinajstić information content (AvgIpc) is 2.15. The standard InChI is InChI=1S/C13H26N2/c1-11(2)15-9-7-13(8-10-15)14(3)12-5-4-6-12/h11-13H,4-10H2,1-3H3. The van der Waals surface area contributed by atoms with E-state index in [1.54, 1.807) is 0 Å². The molecule has 0 bridgehead atoms. The molecule has 0 aromatic heterocycles. The summed E-state index contributed by atoms with van der Waals surface area (Å²) in [6.07, 6.45) is 7.11. The van der Waals surface area contributed by atoms with Gasteiger partial charge < -0.3 is 9.80 Å². The van der Waals surface area contributed by atoms with E-state index in [1.807, 2.05) is 0 Å². The van der Waals surface area contributed by atoms with Gasteiger partial charge in [0.25, 0.3) is 0 Å². The van der Waals surface area contributed by atoms with Gasteiger partial charge in [0.1, 0.15) is 0 Å². The fraction of sp³-hybridized carbons (Fsp3) is 1.00. The van der Waals surface area contributed by atoms with Crippen LogP contribution in [0.4, 0.5) is 0 Å². The molecule has 0 spiro atoms. The summed E-state index contributed by atoms with van der Waals surface area (Å²) >= 11 is 0. The summed E-state index contributed by atoms with van der Waals surface area (Å²) in [4.78, 5) is 5.28. The van der Waals surface area contributed by atoms with Crippen molar-refractivity contribution in [3.63, 3.8) is 0 Å². The van der Waals surface area contributed by atoms with Crippen LogP contribution in [0.1, 0.15) is 46.0 Å². The zero-order chi connectivity index (χ0) is 10.8. The van der Waals surface area contributed by atoms with Crippen molar-refractivity contribution in [1.29, 1.82) is 0 Å². The zero-order valence-electron chi connectivity index (χ0n) is 10.6. The van der Waals surface area contributed by atoms with Crippen molar-refractivity contribution >= 4 is 0 Å². The van der Waals surface area contributed by atoms with Gasteiger partial charge in [-0.15, -0.1) is 0 Å². The van der Waals surface area contributed by atoms with Gasteiger partial charge in [0.05, 0.1) is 0 Å². The quantitative estimate of drug-likeness (QED) is 0.705. The van der Waals surface area contributed by atoms with E-state index in [0.29, 0.717) is 0 Å². The third-order valence-corrected chi connectivity index (χ3v) is 4.46. The first-order chi connectivity index (χ1) is 7.18. The summed E-state index contributed by atoms with van der Waals surface area (Å²) in [7, 11) is 2.35.